The normalized spacial score (nSPS) is 18.6. The van der Waals surface area contributed by atoms with Crippen molar-refractivity contribution in [1.29, 1.82) is 0 Å². The number of benzene rings is 2. The Morgan fingerprint density at radius 2 is 1.59 bits per heavy atom. The maximum absolute atomic E-state index is 12.3. The zero-order valence-electron chi connectivity index (χ0n) is 35.7. The van der Waals surface area contributed by atoms with Crippen molar-refractivity contribution >= 4 is 37.5 Å². The van der Waals surface area contributed by atoms with Crippen molar-refractivity contribution in [2.75, 3.05) is 31.1 Å². The number of aryl methyl sites for hydroxylation is 1. The fraction of sp³-hybridized carbons (Fsp3) is 0.391. The lowest BCUT2D eigenvalue weighted by Gasteiger charge is -2.28. The standard InChI is InChI=1S/C46H58N6O7S2/c1-35-25-26-37(60(54,55)56)33-39(35)45(2,3)42(48-29-17-21-36-19-11-7-6-8-12-20-36)22-13-9-14-23-43-46(4,5)40-34-38(61(57,58)59)27-28-41(40)52(43)32-16-10-15-24-44(53)49-30-18-31-50-51-47/h6-9,11-14,19-20,22-23,25-28,33-34H,10,15-18,21,24,29-32H2,1-5H3,(H,49,53)(H,54,55,56)(H,57,58,59)/b7-6-,8-6?,11-7?,12-8-,14-9+,19-11-,20-12?,22-13+,36-19?,36-20+,43-23+,48-42+. The van der Waals surface area contributed by atoms with Gasteiger partial charge in [-0.25, -0.2) is 0 Å². The van der Waals surface area contributed by atoms with Crippen LogP contribution in [0, 0.1) is 6.92 Å². The third-order valence-electron chi connectivity index (χ3n) is 10.8. The van der Waals surface area contributed by atoms with E-state index < -0.39 is 31.1 Å². The molecule has 0 radical (unpaired) electrons. The summed E-state index contributed by atoms with van der Waals surface area (Å²) >= 11 is 0. The Bertz CT molecular complexity index is 2430. The molecule has 1 aliphatic carbocycles. The molecular formula is C46H58N6O7S2. The molecule has 15 heteroatoms. The molecule has 0 aromatic heterocycles. The molecule has 326 valence electrons. The molecule has 1 amide bonds. The number of rotatable bonds is 21. The van der Waals surface area contributed by atoms with E-state index in [4.69, 9.17) is 10.5 Å². The van der Waals surface area contributed by atoms with Crippen LogP contribution in [0.5, 0.6) is 0 Å². The van der Waals surface area contributed by atoms with Crippen LogP contribution in [0.2, 0.25) is 0 Å². The molecule has 61 heavy (non-hydrogen) atoms. The number of nitrogens with zero attached hydrogens (tertiary/aromatic N) is 5. The first kappa shape index (κ1) is 48.4. The van der Waals surface area contributed by atoms with Gasteiger partial charge in [-0.2, -0.15) is 16.8 Å². The van der Waals surface area contributed by atoms with Gasteiger partial charge in [0.15, 0.2) is 0 Å². The van der Waals surface area contributed by atoms with Crippen molar-refractivity contribution in [2.24, 2.45) is 10.1 Å². The van der Waals surface area contributed by atoms with E-state index >= 15 is 0 Å². The highest BCUT2D eigenvalue weighted by Gasteiger charge is 2.40. The van der Waals surface area contributed by atoms with Gasteiger partial charge in [-0.3, -0.25) is 18.9 Å². The van der Waals surface area contributed by atoms with Crippen LogP contribution in [0.4, 0.5) is 5.69 Å². The van der Waals surface area contributed by atoms with E-state index in [1.807, 2.05) is 95.4 Å². The third-order valence-corrected chi connectivity index (χ3v) is 12.5. The van der Waals surface area contributed by atoms with Crippen molar-refractivity contribution < 1.29 is 30.7 Å². The van der Waals surface area contributed by atoms with E-state index in [0.717, 1.165) is 53.9 Å². The van der Waals surface area contributed by atoms with Crippen molar-refractivity contribution in [3.63, 3.8) is 0 Å². The number of carbonyl (C=O) groups excluding carboxylic acids is 1. The third kappa shape index (κ3) is 13.9. The van der Waals surface area contributed by atoms with Crippen LogP contribution in [0.1, 0.15) is 89.3 Å². The minimum absolute atomic E-state index is 0.0563. The van der Waals surface area contributed by atoms with Crippen LogP contribution in [-0.2, 0) is 35.9 Å². The second-order valence-corrected chi connectivity index (χ2v) is 18.9. The van der Waals surface area contributed by atoms with E-state index in [2.05, 4.69) is 32.4 Å². The highest BCUT2D eigenvalue weighted by molar-refractivity contribution is 7.86. The van der Waals surface area contributed by atoms with Gasteiger partial charge < -0.3 is 10.2 Å². The largest absolute Gasteiger partial charge is 0.356 e. The van der Waals surface area contributed by atoms with E-state index in [9.17, 15) is 30.7 Å². The molecule has 2 aliphatic rings. The molecular weight excluding hydrogens is 813 g/mol. The van der Waals surface area contributed by atoms with E-state index in [1.54, 1.807) is 12.1 Å². The molecule has 1 heterocycles. The van der Waals surface area contributed by atoms with Gasteiger partial charge in [-0.05, 0) is 109 Å². The van der Waals surface area contributed by atoms with Gasteiger partial charge in [0.05, 0.1) is 9.79 Å². The predicted octanol–water partition coefficient (Wildman–Crippen LogP) is 9.77. The number of amides is 1. The number of nitrogens with one attached hydrogen (secondary N) is 1. The Balaban J connectivity index is 1.59. The molecule has 1 aliphatic heterocycles. The molecule has 0 atom stereocenters. The first-order valence-electron chi connectivity index (χ1n) is 20.4. The first-order chi connectivity index (χ1) is 28.9. The van der Waals surface area contributed by atoms with Gasteiger partial charge in [0.2, 0.25) is 5.91 Å². The van der Waals surface area contributed by atoms with Gasteiger partial charge in [0.25, 0.3) is 20.2 Å². The number of azide groups is 1. The van der Waals surface area contributed by atoms with Gasteiger partial charge in [-0.1, -0.05) is 106 Å². The number of aliphatic imine (C=N–C) groups is 1. The first-order valence-corrected chi connectivity index (χ1v) is 23.3. The maximum Gasteiger partial charge on any atom is 0.294 e. The molecule has 2 aromatic rings. The summed E-state index contributed by atoms with van der Waals surface area (Å²) in [5, 5.41) is 6.32. The zero-order chi connectivity index (χ0) is 44.7. The number of fused-ring (bicyclic) bond motifs is 1. The van der Waals surface area contributed by atoms with Crippen molar-refractivity contribution in [2.45, 2.75) is 100 Å². The molecule has 0 saturated heterocycles. The SMILES string of the molecule is Cc1ccc(S(=O)(=O)O)cc1C(C)(C)C(/C=C/C=C/C=C1/N(CCCCCC(=O)NCCCN=[N+]=[N-])c2ccc(S(=O)(=O)O)cc2C1(C)C)=N/CCCC1=C/C=C\C=C/C=C\1. The molecule has 13 nitrogen and oxygen atoms in total. The summed E-state index contributed by atoms with van der Waals surface area (Å²) in [6.07, 6.45) is 28.5. The van der Waals surface area contributed by atoms with Crippen LogP contribution >= 0.6 is 0 Å². The maximum atomic E-state index is 12.3. The molecule has 0 saturated carbocycles. The summed E-state index contributed by atoms with van der Waals surface area (Å²) in [5.41, 5.74) is 13.0. The second kappa shape index (κ2) is 22.0. The number of anilines is 1. The Labute approximate surface area is 361 Å². The minimum atomic E-state index is -4.43. The fourth-order valence-electron chi connectivity index (χ4n) is 7.44. The highest BCUT2D eigenvalue weighted by atomic mass is 32.2. The summed E-state index contributed by atoms with van der Waals surface area (Å²) in [6.45, 7) is 11.8. The van der Waals surface area contributed by atoms with E-state index in [-0.39, 0.29) is 15.7 Å². The number of hydrogen-bond acceptors (Lipinski definition) is 8. The predicted molar refractivity (Wildman–Crippen MR) is 244 cm³/mol. The zero-order valence-corrected chi connectivity index (χ0v) is 37.3. The lowest BCUT2D eigenvalue weighted by atomic mass is 9.77. The summed E-state index contributed by atoms with van der Waals surface area (Å²) in [6, 6.07) is 9.23. The van der Waals surface area contributed by atoms with Gasteiger partial charge in [0.1, 0.15) is 0 Å². The van der Waals surface area contributed by atoms with Gasteiger partial charge >= 0.3 is 0 Å². The second-order valence-electron chi connectivity index (χ2n) is 16.0. The smallest absolute Gasteiger partial charge is 0.294 e. The Hall–Kier alpha value is -5.31. The average Bonchev–Trinajstić information content (AvgIpc) is 3.39. The monoisotopic (exact) mass is 870 g/mol. The van der Waals surface area contributed by atoms with Crippen LogP contribution in [0.3, 0.4) is 0 Å². The number of carbonyl (C=O) groups is 1. The molecule has 0 unspecified atom stereocenters. The van der Waals surface area contributed by atoms with Gasteiger partial charge in [0, 0.05) is 65.4 Å². The molecule has 0 bridgehead atoms. The van der Waals surface area contributed by atoms with Crippen LogP contribution in [-0.4, -0.2) is 63.7 Å². The molecule has 0 fully saturated rings. The molecule has 3 N–H and O–H groups in total. The number of unbranched alkanes of at least 4 members (excludes halogenated alkanes) is 2. The highest BCUT2D eigenvalue weighted by Crippen LogP contribution is 2.48. The number of hydrogen-bond donors (Lipinski definition) is 3. The fourth-order valence-corrected chi connectivity index (χ4v) is 8.46. The van der Waals surface area contributed by atoms with Gasteiger partial charge in [-0.15, -0.1) is 0 Å². The lowest BCUT2D eigenvalue weighted by molar-refractivity contribution is -0.121. The molecule has 2 aromatic carbocycles. The molecule has 4 rings (SSSR count). The Morgan fingerprint density at radius 1 is 0.885 bits per heavy atom. The van der Waals surface area contributed by atoms with Crippen molar-refractivity contribution in [1.82, 2.24) is 5.32 Å². The van der Waals surface area contributed by atoms with Crippen LogP contribution in [0.25, 0.3) is 10.4 Å². The van der Waals surface area contributed by atoms with E-state index in [0.29, 0.717) is 51.0 Å². The summed E-state index contributed by atoms with van der Waals surface area (Å²) in [7, 11) is -8.87. The summed E-state index contributed by atoms with van der Waals surface area (Å²) in [4.78, 5) is 21.8. The lowest BCUT2D eigenvalue weighted by Crippen LogP contribution is -2.29. The summed E-state index contributed by atoms with van der Waals surface area (Å²) in [5.74, 6) is -0.0563. The average molecular weight is 871 g/mol. The summed E-state index contributed by atoms with van der Waals surface area (Å²) < 4.78 is 68.3. The number of allylic oxidation sites excluding steroid dienone is 14. The van der Waals surface area contributed by atoms with Crippen molar-refractivity contribution in [3.05, 3.63) is 148 Å². The Morgan fingerprint density at radius 3 is 2.33 bits per heavy atom. The van der Waals surface area contributed by atoms with Crippen LogP contribution < -0.4 is 10.2 Å². The van der Waals surface area contributed by atoms with Crippen molar-refractivity contribution in [3.8, 4) is 0 Å². The topological polar surface area (TPSA) is 202 Å². The molecule has 0 spiro atoms. The Kier molecular flexibility index (Phi) is 17.4. The van der Waals surface area contributed by atoms with Crippen LogP contribution in [0.15, 0.2) is 140 Å². The van der Waals surface area contributed by atoms with E-state index in [1.165, 1.54) is 29.8 Å². The quantitative estimate of drug-likeness (QED) is 0.0209. The minimum Gasteiger partial charge on any atom is -0.356 e.